The lowest BCUT2D eigenvalue weighted by atomic mass is 10.2. The van der Waals surface area contributed by atoms with Gasteiger partial charge in [-0.15, -0.1) is 11.3 Å². The van der Waals surface area contributed by atoms with Crippen molar-refractivity contribution in [1.29, 1.82) is 0 Å². The van der Waals surface area contributed by atoms with Crippen molar-refractivity contribution in [2.75, 3.05) is 11.9 Å². The van der Waals surface area contributed by atoms with Crippen LogP contribution >= 0.6 is 22.9 Å². The van der Waals surface area contributed by atoms with E-state index in [-0.39, 0.29) is 12.0 Å². The second kappa shape index (κ2) is 6.95. The Kier molecular flexibility index (Phi) is 4.52. The number of halogens is 1. The molecule has 0 radical (unpaired) electrons. The summed E-state index contributed by atoms with van der Waals surface area (Å²) in [4.78, 5) is 17.4. The van der Waals surface area contributed by atoms with Gasteiger partial charge in [-0.2, -0.15) is 4.98 Å². The Morgan fingerprint density at radius 2 is 2.12 bits per heavy atom. The lowest BCUT2D eigenvalue weighted by Crippen LogP contribution is -2.26. The van der Waals surface area contributed by atoms with Gasteiger partial charge in [0.1, 0.15) is 11.0 Å². The van der Waals surface area contributed by atoms with Crippen LogP contribution in [0.3, 0.4) is 0 Å². The summed E-state index contributed by atoms with van der Waals surface area (Å²) in [5, 5.41) is 9.41. The third kappa shape index (κ3) is 3.44. The molecule has 1 saturated heterocycles. The smallest absolute Gasteiger partial charge is 0.270 e. The summed E-state index contributed by atoms with van der Waals surface area (Å²) in [5.74, 6) is 0.689. The molecule has 1 atom stereocenters. The van der Waals surface area contributed by atoms with Crippen LogP contribution in [0.1, 0.15) is 12.8 Å². The monoisotopic (exact) mass is 375 g/mol. The molecule has 1 fully saturated rings. The van der Waals surface area contributed by atoms with Crippen molar-refractivity contribution in [3.05, 3.63) is 40.7 Å². The first-order valence-electron chi connectivity index (χ1n) is 7.81. The van der Waals surface area contributed by atoms with Crippen LogP contribution in [0.5, 0.6) is 0 Å². The van der Waals surface area contributed by atoms with Crippen LogP contribution in [0, 0.1) is 0 Å². The SMILES string of the molecule is O=C(Nc1ccsc1-c1nc(-c2ccc(Cl)cc2)no1)[C@@H]1CCCO1. The highest BCUT2D eigenvalue weighted by molar-refractivity contribution is 7.14. The minimum Gasteiger partial charge on any atom is -0.368 e. The molecule has 6 nitrogen and oxygen atoms in total. The number of rotatable bonds is 4. The number of hydrogen-bond acceptors (Lipinski definition) is 6. The molecular formula is C17H14ClN3O3S. The number of nitrogens with one attached hydrogen (secondary N) is 1. The van der Waals surface area contributed by atoms with Gasteiger partial charge >= 0.3 is 0 Å². The maximum absolute atomic E-state index is 12.2. The van der Waals surface area contributed by atoms with Crippen LogP contribution < -0.4 is 5.32 Å². The van der Waals surface area contributed by atoms with E-state index in [2.05, 4.69) is 15.5 Å². The van der Waals surface area contributed by atoms with Crippen LogP contribution in [-0.4, -0.2) is 28.8 Å². The first-order chi connectivity index (χ1) is 12.2. The molecule has 1 amide bonds. The van der Waals surface area contributed by atoms with Crippen molar-refractivity contribution in [3.63, 3.8) is 0 Å². The number of carbonyl (C=O) groups is 1. The predicted octanol–water partition coefficient (Wildman–Crippen LogP) is 4.24. The van der Waals surface area contributed by atoms with Gasteiger partial charge in [-0.05, 0) is 48.6 Å². The van der Waals surface area contributed by atoms with Gasteiger partial charge in [-0.25, -0.2) is 0 Å². The van der Waals surface area contributed by atoms with E-state index in [1.807, 2.05) is 23.6 Å². The lowest BCUT2D eigenvalue weighted by molar-refractivity contribution is -0.124. The lowest BCUT2D eigenvalue weighted by Gasteiger charge is -2.09. The molecule has 3 aromatic rings. The summed E-state index contributed by atoms with van der Waals surface area (Å²) in [7, 11) is 0. The maximum atomic E-state index is 12.2. The summed E-state index contributed by atoms with van der Waals surface area (Å²) in [5.41, 5.74) is 1.46. The van der Waals surface area contributed by atoms with Gasteiger partial charge in [-0.1, -0.05) is 16.8 Å². The maximum Gasteiger partial charge on any atom is 0.270 e. The summed E-state index contributed by atoms with van der Waals surface area (Å²) < 4.78 is 10.8. The highest BCUT2D eigenvalue weighted by atomic mass is 35.5. The summed E-state index contributed by atoms with van der Waals surface area (Å²) >= 11 is 7.32. The van der Waals surface area contributed by atoms with E-state index in [0.717, 1.165) is 23.3 Å². The van der Waals surface area contributed by atoms with Crippen molar-refractivity contribution in [2.45, 2.75) is 18.9 Å². The van der Waals surface area contributed by atoms with Crippen molar-refractivity contribution < 1.29 is 14.1 Å². The van der Waals surface area contributed by atoms with Gasteiger partial charge < -0.3 is 14.6 Å². The molecule has 1 aliphatic heterocycles. The van der Waals surface area contributed by atoms with Crippen LogP contribution in [0.15, 0.2) is 40.2 Å². The number of amides is 1. The molecule has 1 N–H and O–H groups in total. The predicted molar refractivity (Wildman–Crippen MR) is 95.7 cm³/mol. The fraction of sp³-hybridized carbons (Fsp3) is 0.235. The molecule has 128 valence electrons. The van der Waals surface area contributed by atoms with E-state index in [1.54, 1.807) is 12.1 Å². The van der Waals surface area contributed by atoms with Crippen LogP contribution in [0.25, 0.3) is 22.2 Å². The summed E-state index contributed by atoms with van der Waals surface area (Å²) in [6, 6.07) is 9.01. The Morgan fingerprint density at radius 3 is 2.88 bits per heavy atom. The molecule has 0 unspecified atom stereocenters. The number of thiophene rings is 1. The van der Waals surface area contributed by atoms with Crippen LogP contribution in [0.4, 0.5) is 5.69 Å². The number of carbonyl (C=O) groups excluding carboxylic acids is 1. The molecule has 25 heavy (non-hydrogen) atoms. The van der Waals surface area contributed by atoms with E-state index >= 15 is 0 Å². The second-order valence-electron chi connectivity index (χ2n) is 5.58. The van der Waals surface area contributed by atoms with E-state index in [9.17, 15) is 4.79 Å². The van der Waals surface area contributed by atoms with Gasteiger partial charge in [0.25, 0.3) is 11.8 Å². The zero-order chi connectivity index (χ0) is 17.2. The second-order valence-corrected chi connectivity index (χ2v) is 6.94. The molecule has 3 heterocycles. The molecule has 0 bridgehead atoms. The number of nitrogens with zero attached hydrogens (tertiary/aromatic N) is 2. The van der Waals surface area contributed by atoms with Crippen molar-refractivity contribution in [1.82, 2.24) is 10.1 Å². The molecule has 1 aromatic carbocycles. The molecule has 0 aliphatic carbocycles. The molecule has 8 heteroatoms. The summed E-state index contributed by atoms with van der Waals surface area (Å²) in [6.07, 6.45) is 1.26. The molecule has 1 aliphatic rings. The zero-order valence-corrected chi connectivity index (χ0v) is 14.6. The third-order valence-corrected chi connectivity index (χ3v) is 5.02. The van der Waals surface area contributed by atoms with Gasteiger partial charge in [-0.3, -0.25) is 4.79 Å². The Hall–Kier alpha value is -2.22. The molecular weight excluding hydrogens is 362 g/mol. The van der Waals surface area contributed by atoms with Gasteiger partial charge in [0.15, 0.2) is 0 Å². The Balaban J connectivity index is 1.56. The van der Waals surface area contributed by atoms with Crippen molar-refractivity contribution in [3.8, 4) is 22.2 Å². The Labute approximate surface area is 152 Å². The quantitative estimate of drug-likeness (QED) is 0.738. The first kappa shape index (κ1) is 16.3. The molecule has 4 rings (SSSR count). The minimum absolute atomic E-state index is 0.144. The standard InChI is InChI=1S/C17H14ClN3O3S/c18-11-5-3-10(4-6-11)15-20-17(24-21-15)14-12(7-9-25-14)19-16(22)13-2-1-8-23-13/h3-7,9,13H,1-2,8H2,(H,19,22)/t13-/m0/s1. The van der Waals surface area contributed by atoms with E-state index in [0.29, 0.717) is 29.0 Å². The topological polar surface area (TPSA) is 77.3 Å². The number of benzene rings is 1. The van der Waals surface area contributed by atoms with E-state index in [1.165, 1.54) is 11.3 Å². The Morgan fingerprint density at radius 1 is 1.28 bits per heavy atom. The third-order valence-electron chi connectivity index (χ3n) is 3.87. The van der Waals surface area contributed by atoms with Gasteiger partial charge in [0.05, 0.1) is 5.69 Å². The van der Waals surface area contributed by atoms with Crippen molar-refractivity contribution in [2.24, 2.45) is 0 Å². The van der Waals surface area contributed by atoms with Crippen LogP contribution in [-0.2, 0) is 9.53 Å². The highest BCUT2D eigenvalue weighted by Gasteiger charge is 2.25. The van der Waals surface area contributed by atoms with Crippen LogP contribution in [0.2, 0.25) is 5.02 Å². The zero-order valence-electron chi connectivity index (χ0n) is 13.1. The number of anilines is 1. The average molecular weight is 376 g/mol. The normalized spacial score (nSPS) is 16.9. The first-order valence-corrected chi connectivity index (χ1v) is 9.06. The van der Waals surface area contributed by atoms with Gasteiger partial charge in [0, 0.05) is 17.2 Å². The number of ether oxygens (including phenoxy) is 1. The van der Waals surface area contributed by atoms with Gasteiger partial charge in [0.2, 0.25) is 5.82 Å². The van der Waals surface area contributed by atoms with E-state index in [4.69, 9.17) is 20.9 Å². The van der Waals surface area contributed by atoms with E-state index < -0.39 is 0 Å². The largest absolute Gasteiger partial charge is 0.368 e. The fourth-order valence-electron chi connectivity index (χ4n) is 2.60. The Bertz CT molecular complexity index is 885. The minimum atomic E-state index is -0.389. The van der Waals surface area contributed by atoms with Crippen molar-refractivity contribution >= 4 is 34.5 Å². The molecule has 0 saturated carbocycles. The number of hydrogen-bond donors (Lipinski definition) is 1. The molecule has 2 aromatic heterocycles. The average Bonchev–Trinajstić information content (AvgIpc) is 3.36. The summed E-state index contributed by atoms with van der Waals surface area (Å²) in [6.45, 7) is 0.628. The number of aromatic nitrogens is 2. The molecule has 0 spiro atoms. The highest BCUT2D eigenvalue weighted by Crippen LogP contribution is 2.34. The fourth-order valence-corrected chi connectivity index (χ4v) is 3.50.